The summed E-state index contributed by atoms with van der Waals surface area (Å²) in [5.41, 5.74) is -1.36. The number of aromatic amines is 1. The minimum atomic E-state index is -2.61. The second-order valence-corrected chi connectivity index (χ2v) is 4.79. The minimum Gasteiger partial charge on any atom is -0.273 e. The molecule has 1 heterocycles. The normalized spacial score (nSPS) is 11.6. The van der Waals surface area contributed by atoms with Gasteiger partial charge in [-0.05, 0) is 0 Å². The van der Waals surface area contributed by atoms with Gasteiger partial charge in [0.15, 0.2) is 0 Å². The van der Waals surface area contributed by atoms with Crippen molar-refractivity contribution in [1.29, 1.82) is 0 Å². The van der Waals surface area contributed by atoms with Gasteiger partial charge < -0.3 is 0 Å². The highest BCUT2D eigenvalue weighted by Crippen LogP contribution is 2.35. The van der Waals surface area contributed by atoms with E-state index in [9.17, 15) is 14.0 Å². The highest BCUT2D eigenvalue weighted by Gasteiger charge is 2.24. The summed E-state index contributed by atoms with van der Waals surface area (Å²) in [4.78, 5) is 23.4. The Morgan fingerprint density at radius 1 is 1.54 bits per heavy atom. The van der Waals surface area contributed by atoms with E-state index in [0.29, 0.717) is 0 Å². The molecule has 0 saturated carbocycles. The minimum absolute atomic E-state index is 0.234. The van der Waals surface area contributed by atoms with E-state index >= 15 is 0 Å². The summed E-state index contributed by atoms with van der Waals surface area (Å²) in [6, 6.07) is 1.05. The van der Waals surface area contributed by atoms with Crippen LogP contribution in [0.2, 0.25) is 0 Å². The van der Waals surface area contributed by atoms with E-state index in [4.69, 9.17) is 23.2 Å². The van der Waals surface area contributed by atoms with Crippen LogP contribution in [-0.2, 0) is 0 Å². The first-order valence-electron chi connectivity index (χ1n) is 2.97. The van der Waals surface area contributed by atoms with Crippen molar-refractivity contribution in [1.82, 2.24) is 8.96 Å². The number of H-pyrrole nitrogens is 1. The van der Waals surface area contributed by atoms with Crippen molar-refractivity contribution >= 4 is 35.1 Å². The smallest absolute Gasteiger partial charge is 0.273 e. The van der Waals surface area contributed by atoms with Crippen molar-refractivity contribution in [2.75, 3.05) is 0 Å². The maximum absolute atomic E-state index is 12.6. The molecule has 72 valence electrons. The van der Waals surface area contributed by atoms with Crippen LogP contribution < -0.4 is 11.2 Å². The molecule has 0 spiro atoms. The van der Waals surface area contributed by atoms with Crippen LogP contribution in [0.1, 0.15) is 0 Å². The molecule has 0 atom stereocenters. The molecule has 4 nitrogen and oxygen atoms in total. The van der Waals surface area contributed by atoms with Gasteiger partial charge in [-0.15, -0.1) is 0 Å². The number of hydrogen-bond donors (Lipinski definition) is 1. The molecule has 0 aliphatic rings. The first kappa shape index (κ1) is 10.6. The fourth-order valence-electron chi connectivity index (χ4n) is 0.589. The van der Waals surface area contributed by atoms with Crippen LogP contribution >= 0.6 is 35.1 Å². The Morgan fingerprint density at radius 3 is 2.62 bits per heavy atom. The number of alkyl halides is 3. The lowest BCUT2D eigenvalue weighted by Gasteiger charge is -2.08. The maximum Gasteiger partial charge on any atom is 0.338 e. The fourth-order valence-corrected chi connectivity index (χ4v) is 1.51. The zero-order valence-electron chi connectivity index (χ0n) is 5.96. The molecule has 1 aromatic heterocycles. The standard InChI is InChI=1S/C5H3Cl2FN2O2S/c6-5(7,8)13-10-2-1-3(11)9-4(10)12/h1-2H,(H,9,11,12). The average Bonchev–Trinajstić information content (AvgIpc) is 1.93. The highest BCUT2D eigenvalue weighted by atomic mass is 35.5. The Labute approximate surface area is 85.8 Å². The lowest BCUT2D eigenvalue weighted by molar-refractivity contribution is 0.513. The van der Waals surface area contributed by atoms with E-state index in [1.807, 2.05) is 4.98 Å². The lowest BCUT2D eigenvalue weighted by atomic mass is 10.7. The SMILES string of the molecule is O=c1ccn(SC(F)(Cl)Cl)c(=O)[nH]1. The lowest BCUT2D eigenvalue weighted by Crippen LogP contribution is -2.27. The molecule has 1 rings (SSSR count). The molecule has 8 heteroatoms. The summed E-state index contributed by atoms with van der Waals surface area (Å²) >= 11 is 10.2. The summed E-state index contributed by atoms with van der Waals surface area (Å²) in [5.74, 6) is 0. The Morgan fingerprint density at radius 2 is 2.15 bits per heavy atom. The monoisotopic (exact) mass is 244 g/mol. The third-order valence-corrected chi connectivity index (χ3v) is 2.10. The molecule has 0 aliphatic carbocycles. The number of nitrogens with zero attached hydrogens (tertiary/aromatic N) is 1. The van der Waals surface area contributed by atoms with Gasteiger partial charge in [-0.25, -0.2) is 8.77 Å². The van der Waals surface area contributed by atoms with Crippen molar-refractivity contribution in [3.8, 4) is 0 Å². The van der Waals surface area contributed by atoms with E-state index < -0.39 is 15.2 Å². The van der Waals surface area contributed by atoms with E-state index in [1.54, 1.807) is 0 Å². The van der Waals surface area contributed by atoms with Crippen molar-refractivity contribution in [2.45, 2.75) is 3.92 Å². The second-order valence-electron chi connectivity index (χ2n) is 1.97. The van der Waals surface area contributed by atoms with Gasteiger partial charge in [0, 0.05) is 24.2 Å². The summed E-state index contributed by atoms with van der Waals surface area (Å²) in [7, 11) is 0. The van der Waals surface area contributed by atoms with E-state index in [0.717, 1.165) is 16.2 Å². The molecular weight excluding hydrogens is 242 g/mol. The molecule has 1 aromatic rings. The summed E-state index contributed by atoms with van der Waals surface area (Å²) < 4.78 is 10.8. The molecule has 0 radical (unpaired) electrons. The van der Waals surface area contributed by atoms with Gasteiger partial charge in [0.2, 0.25) is 0 Å². The van der Waals surface area contributed by atoms with Gasteiger partial charge in [-0.2, -0.15) is 4.39 Å². The van der Waals surface area contributed by atoms with Gasteiger partial charge >= 0.3 is 9.61 Å². The molecule has 1 N–H and O–H groups in total. The first-order chi connectivity index (χ1) is 5.88. The molecule has 0 aliphatic heterocycles. The van der Waals surface area contributed by atoms with E-state index in [-0.39, 0.29) is 11.9 Å². The zero-order valence-corrected chi connectivity index (χ0v) is 8.29. The molecule has 0 amide bonds. The predicted molar refractivity (Wildman–Crippen MR) is 49.9 cm³/mol. The Bertz CT molecular complexity index is 410. The Balaban J connectivity index is 3.04. The van der Waals surface area contributed by atoms with Crippen LogP contribution in [0.5, 0.6) is 0 Å². The zero-order chi connectivity index (χ0) is 10.1. The molecule has 0 aromatic carbocycles. The van der Waals surface area contributed by atoms with Crippen molar-refractivity contribution in [2.24, 2.45) is 0 Å². The number of aromatic nitrogens is 2. The Hall–Kier alpha value is -0.460. The quantitative estimate of drug-likeness (QED) is 0.793. The number of hydrogen-bond acceptors (Lipinski definition) is 3. The molecule has 0 fully saturated rings. The van der Waals surface area contributed by atoms with Gasteiger partial charge in [0.1, 0.15) is 0 Å². The van der Waals surface area contributed by atoms with Crippen molar-refractivity contribution < 1.29 is 4.39 Å². The van der Waals surface area contributed by atoms with Crippen LogP contribution in [0.25, 0.3) is 0 Å². The summed E-state index contributed by atoms with van der Waals surface area (Å²) in [6.07, 6.45) is 1.07. The molecule has 0 unspecified atom stereocenters. The molecular formula is C5H3Cl2FN2O2S. The van der Waals surface area contributed by atoms with Gasteiger partial charge in [0.05, 0.1) is 0 Å². The predicted octanol–water partition coefficient (Wildman–Crippen LogP) is 1.09. The largest absolute Gasteiger partial charge is 0.338 e. The maximum atomic E-state index is 12.6. The van der Waals surface area contributed by atoms with Crippen LogP contribution in [-0.4, -0.2) is 12.9 Å². The summed E-state index contributed by atoms with van der Waals surface area (Å²) in [5, 5.41) is 0. The summed E-state index contributed by atoms with van der Waals surface area (Å²) in [6.45, 7) is 0. The molecule has 0 saturated heterocycles. The molecule has 0 bridgehead atoms. The Kier molecular flexibility index (Phi) is 3.05. The van der Waals surface area contributed by atoms with Crippen LogP contribution in [0.3, 0.4) is 0 Å². The van der Waals surface area contributed by atoms with E-state index in [2.05, 4.69) is 0 Å². The average molecular weight is 245 g/mol. The third-order valence-electron chi connectivity index (χ3n) is 0.993. The van der Waals surface area contributed by atoms with Crippen LogP contribution in [0, 0.1) is 0 Å². The van der Waals surface area contributed by atoms with Gasteiger partial charge in [0.25, 0.3) is 5.56 Å². The van der Waals surface area contributed by atoms with Crippen LogP contribution in [0.15, 0.2) is 21.9 Å². The second kappa shape index (κ2) is 3.73. The van der Waals surface area contributed by atoms with E-state index in [1.165, 1.54) is 0 Å². The third kappa shape index (κ3) is 3.41. The van der Waals surface area contributed by atoms with Gasteiger partial charge in [-0.3, -0.25) is 9.78 Å². The topological polar surface area (TPSA) is 54.9 Å². The van der Waals surface area contributed by atoms with Gasteiger partial charge in [-0.1, -0.05) is 23.2 Å². The number of halogens is 3. The van der Waals surface area contributed by atoms with Crippen molar-refractivity contribution in [3.63, 3.8) is 0 Å². The fraction of sp³-hybridized carbons (Fsp3) is 0.200. The number of rotatable bonds is 2. The highest BCUT2D eigenvalue weighted by molar-refractivity contribution is 8.01. The number of nitrogens with one attached hydrogen (secondary N) is 1. The first-order valence-corrected chi connectivity index (χ1v) is 4.50. The molecule has 13 heavy (non-hydrogen) atoms. The van der Waals surface area contributed by atoms with Crippen molar-refractivity contribution in [3.05, 3.63) is 33.1 Å². The van der Waals surface area contributed by atoms with Crippen LogP contribution in [0.4, 0.5) is 4.39 Å².